The Bertz CT molecular complexity index is 704. The molecule has 4 aliphatic rings. The van der Waals surface area contributed by atoms with Crippen molar-refractivity contribution in [3.63, 3.8) is 0 Å². The molecule has 0 aromatic carbocycles. The average molecular weight is 343 g/mol. The normalized spacial score (nSPS) is 26.3. The summed E-state index contributed by atoms with van der Waals surface area (Å²) in [7, 11) is 0. The predicted octanol–water partition coefficient (Wildman–Crippen LogP) is 2.60. The maximum absolute atomic E-state index is 13.2. The van der Waals surface area contributed by atoms with E-state index in [1.165, 1.54) is 12.8 Å². The zero-order chi connectivity index (χ0) is 17.7. The fourth-order valence-corrected chi connectivity index (χ4v) is 4.70. The van der Waals surface area contributed by atoms with Gasteiger partial charge in [0.2, 0.25) is 5.91 Å². The largest absolute Gasteiger partial charge is 0.349 e. The van der Waals surface area contributed by atoms with Gasteiger partial charge in [0.25, 0.3) is 5.91 Å². The van der Waals surface area contributed by atoms with E-state index in [2.05, 4.69) is 23.3 Å². The molecule has 2 amide bonds. The second-order valence-electron chi connectivity index (χ2n) is 8.10. The van der Waals surface area contributed by atoms with Crippen LogP contribution in [0.5, 0.6) is 0 Å². The lowest BCUT2D eigenvalue weighted by atomic mass is 9.94. The number of aryl methyl sites for hydroxylation is 1. The molecule has 25 heavy (non-hydrogen) atoms. The van der Waals surface area contributed by atoms with Crippen LogP contribution in [0, 0.1) is 25.7 Å². The summed E-state index contributed by atoms with van der Waals surface area (Å²) in [6.07, 6.45) is 4.49. The molecule has 2 bridgehead atoms. The Morgan fingerprint density at radius 3 is 2.56 bits per heavy atom. The molecule has 3 saturated heterocycles. The van der Waals surface area contributed by atoms with Gasteiger partial charge in [0, 0.05) is 43.6 Å². The van der Waals surface area contributed by atoms with Crippen molar-refractivity contribution in [3.05, 3.63) is 23.0 Å². The summed E-state index contributed by atoms with van der Waals surface area (Å²) in [4.78, 5) is 30.1. The Morgan fingerprint density at radius 1 is 1.16 bits per heavy atom. The Balaban J connectivity index is 1.57. The summed E-state index contributed by atoms with van der Waals surface area (Å²) in [5.41, 5.74) is 2.98. The van der Waals surface area contributed by atoms with Crippen molar-refractivity contribution in [2.45, 2.75) is 59.0 Å². The first-order valence-electron chi connectivity index (χ1n) is 9.76. The van der Waals surface area contributed by atoms with Crippen molar-refractivity contribution >= 4 is 11.8 Å². The Kier molecular flexibility index (Phi) is 4.13. The molecule has 4 fully saturated rings. The van der Waals surface area contributed by atoms with E-state index >= 15 is 0 Å². The summed E-state index contributed by atoms with van der Waals surface area (Å²) >= 11 is 0. The number of carbonyl (C=O) groups is 2. The number of aromatic nitrogens is 1. The molecule has 1 aromatic rings. The topological polar surface area (TPSA) is 45.6 Å². The van der Waals surface area contributed by atoms with Gasteiger partial charge in [0.05, 0.1) is 11.5 Å². The molecule has 4 heterocycles. The van der Waals surface area contributed by atoms with Gasteiger partial charge in [-0.3, -0.25) is 9.59 Å². The molecule has 1 aliphatic carbocycles. The molecular formula is C20H29N3O2. The predicted molar refractivity (Wildman–Crippen MR) is 96.4 cm³/mol. The summed E-state index contributed by atoms with van der Waals surface area (Å²) in [6.45, 7) is 9.26. The lowest BCUT2D eigenvalue weighted by molar-refractivity contribution is -0.140. The van der Waals surface area contributed by atoms with Crippen LogP contribution >= 0.6 is 0 Å². The fraction of sp³-hybridized carbons (Fsp3) is 0.700. The van der Waals surface area contributed by atoms with Crippen molar-refractivity contribution < 1.29 is 9.59 Å². The average Bonchev–Trinajstić information content (AvgIpc) is 3.39. The number of rotatable bonds is 4. The third kappa shape index (κ3) is 2.87. The number of hydrogen-bond acceptors (Lipinski definition) is 2. The van der Waals surface area contributed by atoms with Gasteiger partial charge in [0.15, 0.2) is 0 Å². The summed E-state index contributed by atoms with van der Waals surface area (Å²) in [6, 6.07) is 2.23. The lowest BCUT2D eigenvalue weighted by Gasteiger charge is -2.36. The first kappa shape index (κ1) is 16.7. The van der Waals surface area contributed by atoms with Crippen LogP contribution in [-0.2, 0) is 11.3 Å². The number of hydrogen-bond donors (Lipinski definition) is 0. The second-order valence-corrected chi connectivity index (χ2v) is 8.10. The van der Waals surface area contributed by atoms with Gasteiger partial charge < -0.3 is 14.4 Å². The minimum atomic E-state index is -0.00360. The lowest BCUT2D eigenvalue weighted by Crippen LogP contribution is -2.48. The highest BCUT2D eigenvalue weighted by molar-refractivity contribution is 5.96. The van der Waals surface area contributed by atoms with Gasteiger partial charge in [-0.2, -0.15) is 0 Å². The molecule has 0 N–H and O–H groups in total. The number of piperidine rings is 1. The van der Waals surface area contributed by atoms with E-state index in [0.29, 0.717) is 19.0 Å². The molecule has 0 spiro atoms. The zero-order valence-corrected chi connectivity index (χ0v) is 15.6. The summed E-state index contributed by atoms with van der Waals surface area (Å²) < 4.78 is 2.18. The SMILES string of the molecule is CCn1c(C)cc(C(=O)N2C[C@H]3CC[C@@H](C2)N(CC2CC2)C3=O)c1C. The van der Waals surface area contributed by atoms with E-state index in [1.807, 2.05) is 17.9 Å². The minimum absolute atomic E-state index is 0.00360. The monoisotopic (exact) mass is 343 g/mol. The van der Waals surface area contributed by atoms with Crippen molar-refractivity contribution in [1.82, 2.24) is 14.4 Å². The molecule has 5 nitrogen and oxygen atoms in total. The van der Waals surface area contributed by atoms with Crippen LogP contribution in [0.25, 0.3) is 0 Å². The highest BCUT2D eigenvalue weighted by Crippen LogP contribution is 2.36. The van der Waals surface area contributed by atoms with E-state index in [9.17, 15) is 9.59 Å². The van der Waals surface area contributed by atoms with E-state index in [4.69, 9.17) is 0 Å². The van der Waals surface area contributed by atoms with E-state index < -0.39 is 0 Å². The van der Waals surface area contributed by atoms with Crippen molar-refractivity contribution in [3.8, 4) is 0 Å². The van der Waals surface area contributed by atoms with Crippen molar-refractivity contribution in [2.24, 2.45) is 11.8 Å². The molecule has 2 atom stereocenters. The van der Waals surface area contributed by atoms with Crippen LogP contribution in [-0.4, -0.2) is 51.9 Å². The van der Waals surface area contributed by atoms with Crippen molar-refractivity contribution in [1.29, 1.82) is 0 Å². The molecule has 3 aliphatic heterocycles. The highest BCUT2D eigenvalue weighted by Gasteiger charge is 2.43. The summed E-state index contributed by atoms with van der Waals surface area (Å²) in [5.74, 6) is 1.09. The standard InChI is InChI=1S/C20H29N3O2/c1-4-22-13(2)9-18(14(22)3)20(25)21-11-16-7-8-17(12-21)23(19(16)24)10-15-5-6-15/h9,15-17H,4-8,10-12H2,1-3H3/t16-,17+/m1/s1. The third-order valence-corrected chi connectivity index (χ3v) is 6.35. The zero-order valence-electron chi connectivity index (χ0n) is 15.6. The molecule has 5 heteroatoms. The Labute approximate surface area is 150 Å². The second kappa shape index (κ2) is 6.19. The van der Waals surface area contributed by atoms with Gasteiger partial charge in [-0.25, -0.2) is 0 Å². The van der Waals surface area contributed by atoms with Crippen LogP contribution in [0.2, 0.25) is 0 Å². The smallest absolute Gasteiger partial charge is 0.255 e. The van der Waals surface area contributed by atoms with Crippen LogP contribution in [0.3, 0.4) is 0 Å². The third-order valence-electron chi connectivity index (χ3n) is 6.35. The first-order valence-corrected chi connectivity index (χ1v) is 9.76. The molecule has 1 saturated carbocycles. The number of amides is 2. The fourth-order valence-electron chi connectivity index (χ4n) is 4.70. The molecule has 1 aromatic heterocycles. The van der Waals surface area contributed by atoms with E-state index in [1.54, 1.807) is 0 Å². The molecular weight excluding hydrogens is 314 g/mol. The van der Waals surface area contributed by atoms with E-state index in [0.717, 1.165) is 42.9 Å². The van der Waals surface area contributed by atoms with Crippen LogP contribution in [0.1, 0.15) is 54.4 Å². The van der Waals surface area contributed by atoms with Gasteiger partial charge >= 0.3 is 0 Å². The number of carbonyl (C=O) groups excluding carboxylic acids is 2. The quantitative estimate of drug-likeness (QED) is 0.843. The maximum Gasteiger partial charge on any atom is 0.255 e. The van der Waals surface area contributed by atoms with Crippen LogP contribution in [0.15, 0.2) is 6.07 Å². The maximum atomic E-state index is 13.2. The van der Waals surface area contributed by atoms with Gasteiger partial charge in [-0.05, 0) is 58.4 Å². The minimum Gasteiger partial charge on any atom is -0.349 e. The van der Waals surface area contributed by atoms with Crippen LogP contribution in [0.4, 0.5) is 0 Å². The molecule has 0 radical (unpaired) electrons. The van der Waals surface area contributed by atoms with Gasteiger partial charge in [-0.15, -0.1) is 0 Å². The number of nitrogens with zero attached hydrogens (tertiary/aromatic N) is 3. The van der Waals surface area contributed by atoms with Gasteiger partial charge in [-0.1, -0.05) is 0 Å². The Hall–Kier alpha value is -1.78. The van der Waals surface area contributed by atoms with E-state index in [-0.39, 0.29) is 23.8 Å². The van der Waals surface area contributed by atoms with Crippen LogP contribution < -0.4 is 0 Å². The molecule has 5 rings (SSSR count). The highest BCUT2D eigenvalue weighted by atomic mass is 16.2. The first-order chi connectivity index (χ1) is 12.0. The Morgan fingerprint density at radius 2 is 1.92 bits per heavy atom. The number of fused-ring (bicyclic) bond motifs is 4. The summed E-state index contributed by atoms with van der Waals surface area (Å²) in [5, 5.41) is 0. The molecule has 0 unspecified atom stereocenters. The van der Waals surface area contributed by atoms with Crippen molar-refractivity contribution in [2.75, 3.05) is 19.6 Å². The van der Waals surface area contributed by atoms with Gasteiger partial charge in [0.1, 0.15) is 0 Å². The molecule has 136 valence electrons.